The molecule has 1 heterocycles. The molecule has 23 heavy (non-hydrogen) atoms. The van der Waals surface area contributed by atoms with Crippen LogP contribution in [-0.4, -0.2) is 44.1 Å². The molecule has 0 bridgehead atoms. The highest BCUT2D eigenvalue weighted by Crippen LogP contribution is 2.31. The topological polar surface area (TPSA) is 41.6 Å². The van der Waals surface area contributed by atoms with Gasteiger partial charge in [0.1, 0.15) is 10.8 Å². The molecular formula is C17H24Cl2N2O2. The summed E-state index contributed by atoms with van der Waals surface area (Å²) in [5, 5.41) is 4.09. The number of likely N-dealkylation sites (tertiary alicyclic amines) is 1. The van der Waals surface area contributed by atoms with E-state index in [9.17, 15) is 4.79 Å². The van der Waals surface area contributed by atoms with Crippen molar-refractivity contribution in [1.29, 1.82) is 0 Å². The second-order valence-electron chi connectivity index (χ2n) is 5.91. The van der Waals surface area contributed by atoms with E-state index in [-0.39, 0.29) is 5.91 Å². The Balaban J connectivity index is 1.71. The van der Waals surface area contributed by atoms with E-state index in [2.05, 4.69) is 5.32 Å². The minimum atomic E-state index is 0.214. The van der Waals surface area contributed by atoms with E-state index < -0.39 is 0 Å². The maximum absolute atomic E-state index is 12.3. The minimum absolute atomic E-state index is 0.214. The number of halogens is 2. The molecule has 0 aromatic heterocycles. The Morgan fingerprint density at radius 1 is 1.43 bits per heavy atom. The van der Waals surface area contributed by atoms with Gasteiger partial charge in [-0.05, 0) is 50.9 Å². The van der Waals surface area contributed by atoms with Crippen LogP contribution in [0.4, 0.5) is 0 Å². The lowest BCUT2D eigenvalue weighted by atomic mass is 9.97. The van der Waals surface area contributed by atoms with Crippen LogP contribution in [-0.2, 0) is 4.79 Å². The van der Waals surface area contributed by atoms with E-state index in [0.717, 1.165) is 26.1 Å². The van der Waals surface area contributed by atoms with Gasteiger partial charge in [0.2, 0.25) is 5.91 Å². The normalized spacial score (nSPS) is 18.0. The van der Waals surface area contributed by atoms with Crippen LogP contribution in [0, 0.1) is 5.92 Å². The second kappa shape index (κ2) is 9.36. The van der Waals surface area contributed by atoms with Crippen molar-refractivity contribution in [3.8, 4) is 5.75 Å². The van der Waals surface area contributed by atoms with Crippen LogP contribution in [0.1, 0.15) is 25.7 Å². The number of hydrogen-bond donors (Lipinski definition) is 1. The third-order valence-electron chi connectivity index (χ3n) is 4.07. The number of hydrogen-bond acceptors (Lipinski definition) is 3. The first-order chi connectivity index (χ1) is 11.1. The molecule has 2 rings (SSSR count). The van der Waals surface area contributed by atoms with E-state index in [0.29, 0.717) is 41.2 Å². The van der Waals surface area contributed by atoms with Gasteiger partial charge in [0.15, 0.2) is 0 Å². The van der Waals surface area contributed by atoms with Gasteiger partial charge >= 0.3 is 0 Å². The summed E-state index contributed by atoms with van der Waals surface area (Å²) < 4.78 is 5.62. The maximum atomic E-state index is 12.3. The van der Waals surface area contributed by atoms with Crippen molar-refractivity contribution in [2.75, 3.05) is 33.3 Å². The molecule has 1 aromatic carbocycles. The van der Waals surface area contributed by atoms with Crippen molar-refractivity contribution in [3.63, 3.8) is 0 Å². The minimum Gasteiger partial charge on any atom is -0.492 e. The number of nitrogens with one attached hydrogen (secondary N) is 1. The molecule has 128 valence electrons. The van der Waals surface area contributed by atoms with Gasteiger partial charge in [-0.25, -0.2) is 0 Å². The predicted molar refractivity (Wildman–Crippen MR) is 94.4 cm³/mol. The quantitative estimate of drug-likeness (QED) is 0.757. The zero-order valence-corrected chi connectivity index (χ0v) is 15.0. The number of piperidine rings is 1. The van der Waals surface area contributed by atoms with Gasteiger partial charge in [0.25, 0.3) is 0 Å². The molecule has 1 N–H and O–H groups in total. The molecule has 1 saturated heterocycles. The highest BCUT2D eigenvalue weighted by Gasteiger charge is 2.22. The SMILES string of the molecule is CNC[C@@H]1CCCN(C(=O)CCCOc2cccc(Cl)c2Cl)C1. The number of rotatable bonds is 7. The summed E-state index contributed by atoms with van der Waals surface area (Å²) in [7, 11) is 1.96. The summed E-state index contributed by atoms with van der Waals surface area (Å²) in [6.45, 7) is 3.17. The summed E-state index contributed by atoms with van der Waals surface area (Å²) in [4.78, 5) is 14.3. The first-order valence-electron chi connectivity index (χ1n) is 8.11. The summed E-state index contributed by atoms with van der Waals surface area (Å²) in [5.74, 6) is 1.35. The average molecular weight is 359 g/mol. The van der Waals surface area contributed by atoms with E-state index in [1.165, 1.54) is 6.42 Å². The van der Waals surface area contributed by atoms with Crippen LogP contribution in [0.25, 0.3) is 0 Å². The molecule has 6 heteroatoms. The van der Waals surface area contributed by atoms with Crippen molar-refractivity contribution < 1.29 is 9.53 Å². The van der Waals surface area contributed by atoms with Gasteiger partial charge in [-0.15, -0.1) is 0 Å². The molecule has 0 aliphatic carbocycles. The predicted octanol–water partition coefficient (Wildman–Crippen LogP) is 3.61. The molecule has 1 aliphatic rings. The number of nitrogens with zero attached hydrogens (tertiary/aromatic N) is 1. The van der Waals surface area contributed by atoms with Crippen molar-refractivity contribution in [1.82, 2.24) is 10.2 Å². The highest BCUT2D eigenvalue weighted by atomic mass is 35.5. The monoisotopic (exact) mass is 358 g/mol. The van der Waals surface area contributed by atoms with Crippen molar-refractivity contribution in [3.05, 3.63) is 28.2 Å². The molecule has 0 spiro atoms. The van der Waals surface area contributed by atoms with Gasteiger partial charge in [0.05, 0.1) is 11.6 Å². The van der Waals surface area contributed by atoms with E-state index in [1.807, 2.05) is 11.9 Å². The van der Waals surface area contributed by atoms with E-state index in [4.69, 9.17) is 27.9 Å². The molecule has 0 saturated carbocycles. The lowest BCUT2D eigenvalue weighted by Gasteiger charge is -2.32. The second-order valence-corrected chi connectivity index (χ2v) is 6.69. The highest BCUT2D eigenvalue weighted by molar-refractivity contribution is 6.42. The van der Waals surface area contributed by atoms with Gasteiger partial charge < -0.3 is 15.0 Å². The summed E-state index contributed by atoms with van der Waals surface area (Å²) in [6.07, 6.45) is 3.47. The Labute approximate surface area is 148 Å². The van der Waals surface area contributed by atoms with Crippen molar-refractivity contribution in [2.24, 2.45) is 5.92 Å². The molecule has 1 fully saturated rings. The van der Waals surface area contributed by atoms with Crippen LogP contribution >= 0.6 is 23.2 Å². The van der Waals surface area contributed by atoms with E-state index in [1.54, 1.807) is 18.2 Å². The largest absolute Gasteiger partial charge is 0.492 e. The summed E-state index contributed by atoms with van der Waals surface area (Å²) in [6, 6.07) is 5.30. The molecule has 0 unspecified atom stereocenters. The third-order valence-corrected chi connectivity index (χ3v) is 4.87. The Bertz CT molecular complexity index is 523. The van der Waals surface area contributed by atoms with Crippen molar-refractivity contribution >= 4 is 29.1 Å². The van der Waals surface area contributed by atoms with Crippen LogP contribution in [0.3, 0.4) is 0 Å². The molecule has 1 aliphatic heterocycles. The fourth-order valence-electron chi connectivity index (χ4n) is 2.91. The summed E-state index contributed by atoms with van der Waals surface area (Å²) >= 11 is 12.0. The smallest absolute Gasteiger partial charge is 0.222 e. The van der Waals surface area contributed by atoms with Crippen LogP contribution in [0.2, 0.25) is 10.0 Å². The molecule has 4 nitrogen and oxygen atoms in total. The molecular weight excluding hydrogens is 335 g/mol. The van der Waals surface area contributed by atoms with E-state index >= 15 is 0 Å². The van der Waals surface area contributed by atoms with Crippen LogP contribution < -0.4 is 10.1 Å². The van der Waals surface area contributed by atoms with Crippen LogP contribution in [0.5, 0.6) is 5.75 Å². The number of ether oxygens (including phenoxy) is 1. The number of carbonyl (C=O) groups excluding carboxylic acids is 1. The molecule has 1 amide bonds. The summed E-state index contributed by atoms with van der Waals surface area (Å²) in [5.41, 5.74) is 0. The Morgan fingerprint density at radius 3 is 3.04 bits per heavy atom. The Morgan fingerprint density at radius 2 is 2.26 bits per heavy atom. The zero-order chi connectivity index (χ0) is 16.7. The number of carbonyl (C=O) groups is 1. The molecule has 1 aromatic rings. The lowest BCUT2D eigenvalue weighted by molar-refractivity contribution is -0.133. The van der Waals surface area contributed by atoms with Crippen molar-refractivity contribution in [2.45, 2.75) is 25.7 Å². The first-order valence-corrected chi connectivity index (χ1v) is 8.86. The van der Waals surface area contributed by atoms with Crippen LogP contribution in [0.15, 0.2) is 18.2 Å². The Kier molecular flexibility index (Phi) is 7.47. The molecule has 1 atom stereocenters. The van der Waals surface area contributed by atoms with Gasteiger partial charge in [0, 0.05) is 19.5 Å². The average Bonchev–Trinajstić information content (AvgIpc) is 2.55. The Hall–Kier alpha value is -0.970. The van der Waals surface area contributed by atoms with Gasteiger partial charge in [-0.3, -0.25) is 4.79 Å². The zero-order valence-electron chi connectivity index (χ0n) is 13.5. The third kappa shape index (κ3) is 5.55. The fourth-order valence-corrected chi connectivity index (χ4v) is 3.25. The first kappa shape index (κ1) is 18.4. The van der Waals surface area contributed by atoms with Gasteiger partial charge in [-0.1, -0.05) is 29.3 Å². The van der Waals surface area contributed by atoms with Gasteiger partial charge in [-0.2, -0.15) is 0 Å². The molecule has 0 radical (unpaired) electrons. The lowest BCUT2D eigenvalue weighted by Crippen LogP contribution is -2.42. The number of amides is 1. The standard InChI is InChI=1S/C17H24Cl2N2O2/c1-20-11-13-5-3-9-21(12-13)16(22)8-4-10-23-15-7-2-6-14(18)17(15)19/h2,6-7,13,20H,3-5,8-12H2,1H3/t13-/m0/s1. The maximum Gasteiger partial charge on any atom is 0.222 e. The number of benzene rings is 1. The fraction of sp³-hybridized carbons (Fsp3) is 0.588.